The summed E-state index contributed by atoms with van der Waals surface area (Å²) in [5.74, 6) is -0.279. The van der Waals surface area contributed by atoms with Crippen molar-refractivity contribution >= 4 is 26.2 Å². The topological polar surface area (TPSA) is 84.0 Å². The van der Waals surface area contributed by atoms with Gasteiger partial charge in [-0.05, 0) is 24.3 Å². The van der Waals surface area contributed by atoms with Crippen LogP contribution >= 0.6 is 0 Å². The van der Waals surface area contributed by atoms with Crippen molar-refractivity contribution in [1.29, 1.82) is 0 Å². The number of anilines is 1. The van der Waals surface area contributed by atoms with E-state index < -0.39 is 37.2 Å². The van der Waals surface area contributed by atoms with E-state index in [-0.39, 0.29) is 37.6 Å². The third-order valence-electron chi connectivity index (χ3n) is 4.44. The van der Waals surface area contributed by atoms with Gasteiger partial charge in [-0.1, -0.05) is 28.2 Å². The average Bonchev–Trinajstić information content (AvgIpc) is 2.67. The Labute approximate surface area is 170 Å². The fraction of sp³-hybridized carbons (Fsp3) is 0.294. The predicted octanol–water partition coefficient (Wildman–Crippen LogP) is 2.81. The fourth-order valence-electron chi connectivity index (χ4n) is 3.13. The molecule has 0 atom stereocenters. The summed E-state index contributed by atoms with van der Waals surface area (Å²) in [4.78, 5) is 0.723. The Bertz CT molecular complexity index is 1130. The molecule has 3 rings (SSSR count). The first kappa shape index (κ1) is 22.3. The fourth-order valence-corrected chi connectivity index (χ4v) is 5.12. The van der Waals surface area contributed by atoms with Crippen LogP contribution in [-0.4, -0.2) is 47.3 Å². The van der Waals surface area contributed by atoms with Crippen LogP contribution in [0.4, 0.5) is 22.7 Å². The predicted molar refractivity (Wildman–Crippen MR) is 99.5 cm³/mol. The Morgan fingerprint density at radius 3 is 2.00 bits per heavy atom. The Hall–Kier alpha value is -2.38. The van der Waals surface area contributed by atoms with E-state index in [0.717, 1.165) is 16.4 Å². The van der Waals surface area contributed by atoms with Gasteiger partial charge in [-0.25, -0.2) is 8.42 Å². The lowest BCUT2D eigenvalue weighted by atomic mass is 10.2. The summed E-state index contributed by atoms with van der Waals surface area (Å²) in [6, 6.07) is 9.60. The maximum absolute atomic E-state index is 13.2. The second kappa shape index (κ2) is 8.04. The van der Waals surface area contributed by atoms with Crippen LogP contribution in [0.5, 0.6) is 5.75 Å². The monoisotopic (exact) mass is 468 g/mol. The lowest BCUT2D eigenvalue weighted by molar-refractivity contribution is -0.139. The number of sulfonamides is 1. The third kappa shape index (κ3) is 4.84. The van der Waals surface area contributed by atoms with Gasteiger partial charge in [-0.15, -0.1) is 0 Å². The molecule has 1 aliphatic rings. The second-order valence-electron chi connectivity index (χ2n) is 6.33. The number of alkyl halides is 3. The number of benzene rings is 2. The summed E-state index contributed by atoms with van der Waals surface area (Å²) in [7, 11) is -9.69. The minimum Gasteiger partial charge on any atom is -0.366 e. The maximum Gasteiger partial charge on any atom is 0.488 e. The number of piperazine rings is 1. The van der Waals surface area contributed by atoms with Gasteiger partial charge in [0, 0.05) is 26.2 Å². The number of para-hydroxylation sites is 2. The van der Waals surface area contributed by atoms with Gasteiger partial charge in [0.15, 0.2) is 5.75 Å². The molecule has 1 fully saturated rings. The molecule has 0 unspecified atom stereocenters. The Kier molecular flexibility index (Phi) is 5.98. The summed E-state index contributed by atoms with van der Waals surface area (Å²) < 4.78 is 105. The minimum atomic E-state index is -5.27. The van der Waals surface area contributed by atoms with Crippen molar-refractivity contribution in [2.75, 3.05) is 31.1 Å². The minimum absolute atomic E-state index is 0.0279. The quantitative estimate of drug-likeness (QED) is 0.496. The van der Waals surface area contributed by atoms with Crippen LogP contribution in [0.3, 0.4) is 0 Å². The zero-order valence-electron chi connectivity index (χ0n) is 15.2. The van der Waals surface area contributed by atoms with E-state index in [2.05, 4.69) is 4.18 Å². The highest BCUT2D eigenvalue weighted by Crippen LogP contribution is 2.36. The summed E-state index contributed by atoms with van der Waals surface area (Å²) in [5, 5.41) is 0. The molecule has 0 aliphatic carbocycles. The Morgan fingerprint density at radius 2 is 1.40 bits per heavy atom. The molecule has 164 valence electrons. The molecule has 13 heteroatoms. The van der Waals surface area contributed by atoms with E-state index in [4.69, 9.17) is 0 Å². The highest BCUT2D eigenvalue weighted by molar-refractivity contribution is 7.89. The van der Waals surface area contributed by atoms with Crippen LogP contribution in [0.1, 0.15) is 5.56 Å². The van der Waals surface area contributed by atoms with Gasteiger partial charge in [-0.2, -0.15) is 25.9 Å². The highest BCUT2D eigenvalue weighted by Gasteiger charge is 2.39. The number of halogens is 4. The standard InChI is InChI=1S/C17H16F4N2O5S2/c18-17(19,20)13-5-1-4-8-16(13)29(24,25)23-11-9-22(10-12-23)14-6-2-3-7-15(14)28-30(21,26)27/h1-8H,9-12H2. The lowest BCUT2D eigenvalue weighted by Crippen LogP contribution is -2.49. The van der Waals surface area contributed by atoms with Crippen LogP contribution in [0.25, 0.3) is 0 Å². The second-order valence-corrected chi connectivity index (χ2v) is 9.19. The normalized spacial score (nSPS) is 16.5. The molecule has 0 aromatic heterocycles. The molecule has 30 heavy (non-hydrogen) atoms. The Morgan fingerprint density at radius 1 is 0.833 bits per heavy atom. The average molecular weight is 468 g/mol. The van der Waals surface area contributed by atoms with E-state index in [1.807, 2.05) is 0 Å². The van der Waals surface area contributed by atoms with Gasteiger partial charge in [0.25, 0.3) is 0 Å². The molecule has 0 radical (unpaired) electrons. The molecule has 1 aliphatic heterocycles. The summed E-state index contributed by atoms with van der Waals surface area (Å²) in [6.45, 7) is -0.267. The molecule has 2 aromatic carbocycles. The van der Waals surface area contributed by atoms with E-state index in [9.17, 15) is 33.9 Å². The smallest absolute Gasteiger partial charge is 0.366 e. The molecule has 0 N–H and O–H groups in total. The molecule has 0 bridgehead atoms. The number of nitrogens with zero attached hydrogens (tertiary/aromatic N) is 2. The molecule has 2 aromatic rings. The number of rotatable bonds is 5. The van der Waals surface area contributed by atoms with Crippen molar-refractivity contribution in [3.8, 4) is 5.75 Å². The van der Waals surface area contributed by atoms with Crippen molar-refractivity contribution in [3.63, 3.8) is 0 Å². The third-order valence-corrected chi connectivity index (χ3v) is 6.78. The zero-order chi connectivity index (χ0) is 22.2. The van der Waals surface area contributed by atoms with Crippen molar-refractivity contribution in [2.45, 2.75) is 11.1 Å². The molecule has 0 spiro atoms. The number of hydrogen-bond donors (Lipinski definition) is 0. The van der Waals surface area contributed by atoms with Crippen molar-refractivity contribution in [1.82, 2.24) is 4.31 Å². The van der Waals surface area contributed by atoms with Crippen LogP contribution in [-0.2, 0) is 26.7 Å². The molecule has 0 amide bonds. The van der Waals surface area contributed by atoms with Crippen LogP contribution in [0.15, 0.2) is 53.4 Å². The molecule has 1 heterocycles. The van der Waals surface area contributed by atoms with E-state index >= 15 is 0 Å². The Balaban J connectivity index is 1.82. The first-order chi connectivity index (χ1) is 13.9. The zero-order valence-corrected chi connectivity index (χ0v) is 16.8. The van der Waals surface area contributed by atoms with Gasteiger partial charge < -0.3 is 9.08 Å². The van der Waals surface area contributed by atoms with Crippen molar-refractivity contribution in [2.24, 2.45) is 0 Å². The van der Waals surface area contributed by atoms with Crippen molar-refractivity contribution in [3.05, 3.63) is 54.1 Å². The summed E-state index contributed by atoms with van der Waals surface area (Å²) in [6.07, 6.45) is -4.83. The molecular weight excluding hydrogens is 452 g/mol. The first-order valence-corrected chi connectivity index (χ1v) is 11.3. The van der Waals surface area contributed by atoms with Gasteiger partial charge in [0.2, 0.25) is 10.0 Å². The van der Waals surface area contributed by atoms with Crippen LogP contribution in [0.2, 0.25) is 0 Å². The SMILES string of the molecule is O=S(=O)(F)Oc1ccccc1N1CCN(S(=O)(=O)c2ccccc2C(F)(F)F)CC1. The van der Waals surface area contributed by atoms with Gasteiger partial charge in [0.05, 0.1) is 16.1 Å². The first-order valence-electron chi connectivity index (χ1n) is 8.54. The van der Waals surface area contributed by atoms with Gasteiger partial charge in [-0.3, -0.25) is 0 Å². The van der Waals surface area contributed by atoms with E-state index in [1.165, 1.54) is 24.3 Å². The largest absolute Gasteiger partial charge is 0.488 e. The van der Waals surface area contributed by atoms with Crippen LogP contribution in [0, 0.1) is 0 Å². The summed E-state index contributed by atoms with van der Waals surface area (Å²) in [5.41, 5.74) is -1.04. The lowest BCUT2D eigenvalue weighted by Gasteiger charge is -2.36. The highest BCUT2D eigenvalue weighted by atomic mass is 32.3. The summed E-state index contributed by atoms with van der Waals surface area (Å²) >= 11 is 0. The van der Waals surface area contributed by atoms with E-state index in [0.29, 0.717) is 6.07 Å². The van der Waals surface area contributed by atoms with Crippen molar-refractivity contribution < 1.29 is 38.1 Å². The molecule has 0 saturated carbocycles. The van der Waals surface area contributed by atoms with Gasteiger partial charge >= 0.3 is 16.7 Å². The van der Waals surface area contributed by atoms with Gasteiger partial charge in [0.1, 0.15) is 0 Å². The molecule has 7 nitrogen and oxygen atoms in total. The van der Waals surface area contributed by atoms with Crippen LogP contribution < -0.4 is 9.08 Å². The molecular formula is C17H16F4N2O5S2. The molecule has 1 saturated heterocycles. The van der Waals surface area contributed by atoms with E-state index in [1.54, 1.807) is 11.0 Å². The number of hydrogen-bond acceptors (Lipinski definition) is 6. The maximum atomic E-state index is 13.2.